The number of carbonyl (C=O) groups is 2. The van der Waals surface area contributed by atoms with Crippen LogP contribution in [0.25, 0.3) is 0 Å². The van der Waals surface area contributed by atoms with Gasteiger partial charge in [-0.15, -0.1) is 0 Å². The van der Waals surface area contributed by atoms with Gasteiger partial charge >= 0.3 is 12.0 Å². The van der Waals surface area contributed by atoms with Gasteiger partial charge in [0.15, 0.2) is 0 Å². The lowest BCUT2D eigenvalue weighted by Crippen LogP contribution is -2.44. The van der Waals surface area contributed by atoms with Gasteiger partial charge in [0.2, 0.25) is 0 Å². The van der Waals surface area contributed by atoms with Crippen molar-refractivity contribution in [2.24, 2.45) is 0 Å². The molecule has 0 saturated carbocycles. The second-order valence-electron chi connectivity index (χ2n) is 4.72. The number of hydrogen-bond acceptors (Lipinski definition) is 2. The van der Waals surface area contributed by atoms with Crippen molar-refractivity contribution in [3.05, 3.63) is 35.6 Å². The second-order valence-corrected chi connectivity index (χ2v) is 4.72. The molecule has 0 aliphatic heterocycles. The summed E-state index contributed by atoms with van der Waals surface area (Å²) < 4.78 is 12.7. The summed E-state index contributed by atoms with van der Waals surface area (Å²) in [4.78, 5) is 24.0. The highest BCUT2D eigenvalue weighted by Gasteiger charge is 2.17. The van der Waals surface area contributed by atoms with Crippen molar-refractivity contribution in [2.45, 2.75) is 32.9 Å². The average molecular weight is 282 g/mol. The number of carbonyl (C=O) groups excluding carboxylic acids is 1. The molecule has 0 aromatic heterocycles. The Balaban J connectivity index is 2.53. The Kier molecular flexibility index (Phi) is 5.96. The molecule has 0 atom stereocenters. The molecule has 2 amide bonds. The topological polar surface area (TPSA) is 69.6 Å². The number of halogens is 1. The fourth-order valence-corrected chi connectivity index (χ4v) is 1.69. The van der Waals surface area contributed by atoms with Gasteiger partial charge in [-0.2, -0.15) is 0 Å². The molecule has 1 rings (SSSR count). The van der Waals surface area contributed by atoms with E-state index in [0.29, 0.717) is 0 Å². The second kappa shape index (κ2) is 7.47. The van der Waals surface area contributed by atoms with Crippen LogP contribution in [0.1, 0.15) is 25.8 Å². The molecule has 0 aliphatic carbocycles. The first-order chi connectivity index (χ1) is 9.40. The lowest BCUT2D eigenvalue weighted by atomic mass is 10.2. The van der Waals surface area contributed by atoms with Crippen LogP contribution in [-0.2, 0) is 11.3 Å². The molecular weight excluding hydrogens is 263 g/mol. The molecule has 0 fully saturated rings. The van der Waals surface area contributed by atoms with Gasteiger partial charge in [-0.05, 0) is 31.5 Å². The van der Waals surface area contributed by atoms with E-state index < -0.39 is 5.97 Å². The molecule has 20 heavy (non-hydrogen) atoms. The summed E-state index contributed by atoms with van der Waals surface area (Å²) in [6.45, 7) is 4.07. The van der Waals surface area contributed by atoms with Gasteiger partial charge in [-0.3, -0.25) is 4.79 Å². The summed E-state index contributed by atoms with van der Waals surface area (Å²) in [5.74, 6) is -1.27. The van der Waals surface area contributed by atoms with Crippen molar-refractivity contribution in [3.8, 4) is 0 Å². The summed E-state index contributed by atoms with van der Waals surface area (Å²) in [5.41, 5.74) is 0.779. The van der Waals surface area contributed by atoms with Gasteiger partial charge in [0.1, 0.15) is 5.82 Å². The Bertz CT molecular complexity index is 460. The first kappa shape index (κ1) is 15.9. The van der Waals surface area contributed by atoms with E-state index in [1.54, 1.807) is 12.1 Å². The average Bonchev–Trinajstić information content (AvgIpc) is 2.37. The number of amides is 2. The monoisotopic (exact) mass is 282 g/mol. The van der Waals surface area contributed by atoms with Crippen LogP contribution in [0.5, 0.6) is 0 Å². The number of benzene rings is 1. The van der Waals surface area contributed by atoms with Gasteiger partial charge in [0.25, 0.3) is 0 Å². The van der Waals surface area contributed by atoms with E-state index in [-0.39, 0.29) is 37.4 Å². The predicted octanol–water partition coefficient (Wildman–Crippen LogP) is 2.22. The minimum atomic E-state index is -0.943. The standard InChI is InChI=1S/C14H19FN2O3/c1-10(2)17(8-7-13(18)19)14(20)16-9-11-3-5-12(15)6-4-11/h3-6,10H,7-9H2,1-2H3,(H,16,20)(H,18,19). The van der Waals surface area contributed by atoms with Crippen LogP contribution < -0.4 is 5.32 Å². The smallest absolute Gasteiger partial charge is 0.317 e. The van der Waals surface area contributed by atoms with Crippen LogP contribution in [0, 0.1) is 5.82 Å². The van der Waals surface area contributed by atoms with Crippen LogP contribution in [0.15, 0.2) is 24.3 Å². The van der Waals surface area contributed by atoms with E-state index in [1.807, 2.05) is 13.8 Å². The molecule has 2 N–H and O–H groups in total. The van der Waals surface area contributed by atoms with Gasteiger partial charge in [-0.1, -0.05) is 12.1 Å². The lowest BCUT2D eigenvalue weighted by Gasteiger charge is -2.26. The number of nitrogens with zero attached hydrogens (tertiary/aromatic N) is 1. The number of urea groups is 1. The molecule has 0 saturated heterocycles. The third-order valence-electron chi connectivity index (χ3n) is 2.81. The molecular formula is C14H19FN2O3. The van der Waals surface area contributed by atoms with Crippen LogP contribution >= 0.6 is 0 Å². The highest BCUT2D eigenvalue weighted by Crippen LogP contribution is 2.04. The molecule has 0 radical (unpaired) electrons. The largest absolute Gasteiger partial charge is 0.481 e. The van der Waals surface area contributed by atoms with Crippen molar-refractivity contribution in [1.82, 2.24) is 10.2 Å². The molecule has 0 bridgehead atoms. The molecule has 6 heteroatoms. The highest BCUT2D eigenvalue weighted by molar-refractivity contribution is 5.75. The number of carboxylic acid groups (broad SMARTS) is 1. The molecule has 0 spiro atoms. The Hall–Kier alpha value is -2.11. The van der Waals surface area contributed by atoms with Gasteiger partial charge in [0.05, 0.1) is 6.42 Å². The zero-order valence-electron chi connectivity index (χ0n) is 11.6. The summed E-state index contributed by atoms with van der Waals surface area (Å²) >= 11 is 0. The fourth-order valence-electron chi connectivity index (χ4n) is 1.69. The predicted molar refractivity (Wildman–Crippen MR) is 72.7 cm³/mol. The number of aliphatic carboxylic acids is 1. The Labute approximate surface area is 117 Å². The number of rotatable bonds is 6. The Morgan fingerprint density at radius 2 is 1.90 bits per heavy atom. The third kappa shape index (κ3) is 5.26. The zero-order chi connectivity index (χ0) is 15.1. The van der Waals surface area contributed by atoms with Gasteiger partial charge in [0, 0.05) is 19.1 Å². The van der Waals surface area contributed by atoms with Crippen molar-refractivity contribution in [2.75, 3.05) is 6.54 Å². The zero-order valence-corrected chi connectivity index (χ0v) is 11.6. The van der Waals surface area contributed by atoms with Crippen LogP contribution in [0.3, 0.4) is 0 Å². The highest BCUT2D eigenvalue weighted by atomic mass is 19.1. The normalized spacial score (nSPS) is 10.4. The summed E-state index contributed by atoms with van der Waals surface area (Å²) in [6, 6.07) is 5.41. The maximum atomic E-state index is 12.7. The molecule has 1 aromatic rings. The van der Waals surface area contributed by atoms with E-state index in [9.17, 15) is 14.0 Å². The Morgan fingerprint density at radius 1 is 1.30 bits per heavy atom. The first-order valence-corrected chi connectivity index (χ1v) is 6.41. The fraction of sp³-hybridized carbons (Fsp3) is 0.429. The van der Waals surface area contributed by atoms with Crippen LogP contribution in [0.2, 0.25) is 0 Å². The third-order valence-corrected chi connectivity index (χ3v) is 2.81. The van der Waals surface area contributed by atoms with Gasteiger partial charge < -0.3 is 15.3 Å². The number of hydrogen-bond donors (Lipinski definition) is 2. The van der Waals surface area contributed by atoms with E-state index in [4.69, 9.17) is 5.11 Å². The number of carboxylic acids is 1. The van der Waals surface area contributed by atoms with Crippen molar-refractivity contribution >= 4 is 12.0 Å². The van der Waals surface area contributed by atoms with E-state index in [0.717, 1.165) is 5.56 Å². The summed E-state index contributed by atoms with van der Waals surface area (Å²) in [7, 11) is 0. The van der Waals surface area contributed by atoms with Crippen molar-refractivity contribution in [1.29, 1.82) is 0 Å². The number of nitrogens with one attached hydrogen (secondary N) is 1. The SMILES string of the molecule is CC(C)N(CCC(=O)O)C(=O)NCc1ccc(F)cc1. The molecule has 0 aliphatic rings. The first-order valence-electron chi connectivity index (χ1n) is 6.41. The van der Waals surface area contributed by atoms with E-state index >= 15 is 0 Å². The van der Waals surface area contributed by atoms with Crippen molar-refractivity contribution < 1.29 is 19.1 Å². The van der Waals surface area contributed by atoms with Crippen LogP contribution in [0.4, 0.5) is 9.18 Å². The Morgan fingerprint density at radius 3 is 2.40 bits per heavy atom. The van der Waals surface area contributed by atoms with Crippen LogP contribution in [-0.4, -0.2) is 34.6 Å². The van der Waals surface area contributed by atoms with Crippen molar-refractivity contribution in [3.63, 3.8) is 0 Å². The minimum Gasteiger partial charge on any atom is -0.481 e. The molecule has 0 unspecified atom stereocenters. The summed E-state index contributed by atoms with van der Waals surface area (Å²) in [5, 5.41) is 11.4. The quantitative estimate of drug-likeness (QED) is 0.840. The molecule has 1 aromatic carbocycles. The van der Waals surface area contributed by atoms with Gasteiger partial charge in [-0.25, -0.2) is 9.18 Å². The summed E-state index contributed by atoms with van der Waals surface area (Å²) in [6.07, 6.45) is -0.0951. The molecule has 5 nitrogen and oxygen atoms in total. The lowest BCUT2D eigenvalue weighted by molar-refractivity contribution is -0.137. The molecule has 110 valence electrons. The van der Waals surface area contributed by atoms with E-state index in [1.165, 1.54) is 17.0 Å². The minimum absolute atomic E-state index is 0.0948. The maximum absolute atomic E-state index is 12.7. The maximum Gasteiger partial charge on any atom is 0.317 e. The van der Waals surface area contributed by atoms with E-state index in [2.05, 4.69) is 5.32 Å². The molecule has 0 heterocycles.